The molecule has 1 aromatic rings. The molecule has 9 nitrogen and oxygen atoms in total. The third kappa shape index (κ3) is 5.98. The summed E-state index contributed by atoms with van der Waals surface area (Å²) in [6, 6.07) is 3.52. The Morgan fingerprint density at radius 1 is 1.22 bits per heavy atom. The van der Waals surface area contributed by atoms with Gasteiger partial charge >= 0.3 is 11.9 Å². The van der Waals surface area contributed by atoms with Crippen LogP contribution in [0, 0.1) is 11.8 Å². The highest BCUT2D eigenvalue weighted by Crippen LogP contribution is 2.41. The molecule has 1 aliphatic carbocycles. The van der Waals surface area contributed by atoms with Gasteiger partial charge in [-0.3, -0.25) is 0 Å². The smallest absolute Gasteiger partial charge is 0.350 e. The standard InChI is InChI=1S/C25H33ClN2O7S/c1-2-7-25(24(31)32)27-22(36-14-17-6-4-3-5-16(17)12-33-13-23(29)30)11-28(25)10-18-8-20-21(9-19(18)26)35-15-34-20/h8-9,11,16-17,27H,2-7,10,12-15H2,1H3,(H,29,30)(H,31,32)/t16-,17+,25?/m1/s1. The van der Waals surface area contributed by atoms with Crippen LogP contribution in [0.25, 0.3) is 0 Å². The second kappa shape index (κ2) is 11.8. The van der Waals surface area contributed by atoms with Crippen LogP contribution in [-0.4, -0.2) is 58.5 Å². The van der Waals surface area contributed by atoms with E-state index in [0.717, 1.165) is 42.0 Å². The number of carboxylic acids is 2. The summed E-state index contributed by atoms with van der Waals surface area (Å²) in [6.07, 6.45) is 7.30. The van der Waals surface area contributed by atoms with Gasteiger partial charge in [-0.1, -0.05) is 37.8 Å². The summed E-state index contributed by atoms with van der Waals surface area (Å²) in [4.78, 5) is 25.2. The highest BCUT2D eigenvalue weighted by atomic mass is 35.5. The molecule has 1 saturated carbocycles. The molecule has 36 heavy (non-hydrogen) atoms. The van der Waals surface area contributed by atoms with Crippen molar-refractivity contribution in [2.45, 2.75) is 57.7 Å². The lowest BCUT2D eigenvalue weighted by Crippen LogP contribution is -2.57. The van der Waals surface area contributed by atoms with E-state index in [-0.39, 0.29) is 13.4 Å². The number of benzene rings is 1. The molecule has 0 spiro atoms. The Hall–Kier alpha value is -2.30. The van der Waals surface area contributed by atoms with E-state index in [2.05, 4.69) is 5.32 Å². The topological polar surface area (TPSA) is 118 Å². The van der Waals surface area contributed by atoms with E-state index in [9.17, 15) is 14.7 Å². The quantitative estimate of drug-likeness (QED) is 0.350. The third-order valence-corrected chi connectivity index (χ3v) is 8.48. The zero-order valence-corrected chi connectivity index (χ0v) is 21.9. The van der Waals surface area contributed by atoms with Crippen molar-refractivity contribution >= 4 is 35.3 Å². The summed E-state index contributed by atoms with van der Waals surface area (Å²) in [7, 11) is 0. The van der Waals surface area contributed by atoms with E-state index >= 15 is 0 Å². The van der Waals surface area contributed by atoms with Crippen molar-refractivity contribution in [2.75, 3.05) is 25.8 Å². The first kappa shape index (κ1) is 26.8. The average Bonchev–Trinajstić information content (AvgIpc) is 3.43. The Bertz CT molecular complexity index is 1010. The summed E-state index contributed by atoms with van der Waals surface area (Å²) >= 11 is 8.12. The van der Waals surface area contributed by atoms with Crippen molar-refractivity contribution < 1.29 is 34.0 Å². The van der Waals surface area contributed by atoms with E-state index < -0.39 is 17.6 Å². The number of thioether (sulfide) groups is 1. The maximum absolute atomic E-state index is 12.6. The van der Waals surface area contributed by atoms with Crippen LogP contribution >= 0.6 is 23.4 Å². The van der Waals surface area contributed by atoms with E-state index in [1.165, 1.54) is 0 Å². The molecule has 1 aromatic carbocycles. The van der Waals surface area contributed by atoms with E-state index in [4.69, 9.17) is 30.9 Å². The third-order valence-electron chi connectivity index (χ3n) is 7.02. The Morgan fingerprint density at radius 2 is 1.94 bits per heavy atom. The molecule has 3 N–H and O–H groups in total. The number of hydrogen-bond donors (Lipinski definition) is 3. The molecule has 11 heteroatoms. The van der Waals surface area contributed by atoms with Crippen LogP contribution < -0.4 is 14.8 Å². The second-order valence-electron chi connectivity index (χ2n) is 9.48. The minimum Gasteiger partial charge on any atom is -0.480 e. The van der Waals surface area contributed by atoms with Crippen molar-refractivity contribution in [1.82, 2.24) is 10.2 Å². The van der Waals surface area contributed by atoms with Crippen molar-refractivity contribution in [2.24, 2.45) is 11.8 Å². The Balaban J connectivity index is 1.48. The van der Waals surface area contributed by atoms with Crippen molar-refractivity contribution in [3.8, 4) is 11.5 Å². The predicted molar refractivity (Wildman–Crippen MR) is 136 cm³/mol. The first-order valence-corrected chi connectivity index (χ1v) is 13.7. The lowest BCUT2D eigenvalue weighted by Gasteiger charge is -2.36. The number of carbonyl (C=O) groups is 2. The van der Waals surface area contributed by atoms with Crippen LogP contribution in [0.3, 0.4) is 0 Å². The summed E-state index contributed by atoms with van der Waals surface area (Å²) in [5.41, 5.74) is -0.511. The molecule has 2 aliphatic heterocycles. The van der Waals surface area contributed by atoms with Crippen LogP contribution in [0.2, 0.25) is 5.02 Å². The molecule has 198 valence electrons. The molecule has 3 atom stereocenters. The number of halogens is 1. The lowest BCUT2D eigenvalue weighted by molar-refractivity contribution is -0.151. The van der Waals surface area contributed by atoms with Crippen LogP contribution in [-0.2, 0) is 20.9 Å². The van der Waals surface area contributed by atoms with Gasteiger partial charge in [0.25, 0.3) is 0 Å². The van der Waals surface area contributed by atoms with Gasteiger partial charge in [-0.25, -0.2) is 9.59 Å². The summed E-state index contributed by atoms with van der Waals surface area (Å²) in [5, 5.41) is 23.8. The van der Waals surface area contributed by atoms with Crippen LogP contribution in [0.1, 0.15) is 51.0 Å². The van der Waals surface area contributed by atoms with Crippen LogP contribution in [0.15, 0.2) is 23.4 Å². The van der Waals surface area contributed by atoms with Gasteiger partial charge in [-0.15, -0.1) is 11.8 Å². The Kier molecular flexibility index (Phi) is 8.79. The predicted octanol–water partition coefficient (Wildman–Crippen LogP) is 4.49. The Morgan fingerprint density at radius 3 is 2.64 bits per heavy atom. The zero-order valence-electron chi connectivity index (χ0n) is 20.3. The van der Waals surface area contributed by atoms with E-state index in [0.29, 0.717) is 54.4 Å². The van der Waals surface area contributed by atoms with Crippen LogP contribution in [0.4, 0.5) is 0 Å². The number of fused-ring (bicyclic) bond motifs is 1. The summed E-state index contributed by atoms with van der Waals surface area (Å²) < 4.78 is 16.3. The number of rotatable bonds is 12. The largest absolute Gasteiger partial charge is 0.480 e. The van der Waals surface area contributed by atoms with Gasteiger partial charge in [0.2, 0.25) is 12.5 Å². The Labute approximate surface area is 220 Å². The maximum atomic E-state index is 12.6. The molecule has 3 aliphatic rings. The van der Waals surface area contributed by atoms with Gasteiger partial charge in [-0.05, 0) is 36.3 Å². The second-order valence-corrected chi connectivity index (χ2v) is 11.0. The SMILES string of the molecule is CCCC1(C(=O)O)NC(SC[C@@H]2CCCC[C@@H]2COCC(=O)O)=CN1Cc1cc2c(cc1Cl)OCO2. The van der Waals surface area contributed by atoms with Crippen molar-refractivity contribution in [3.63, 3.8) is 0 Å². The van der Waals surface area contributed by atoms with Gasteiger partial charge in [0, 0.05) is 36.0 Å². The molecule has 4 rings (SSSR count). The summed E-state index contributed by atoms with van der Waals surface area (Å²) in [6.45, 7) is 2.56. The van der Waals surface area contributed by atoms with Crippen molar-refractivity contribution in [1.29, 1.82) is 0 Å². The molecule has 1 unspecified atom stereocenters. The molecule has 2 heterocycles. The van der Waals surface area contributed by atoms with E-state index in [1.807, 2.05) is 24.1 Å². The number of carboxylic acid groups (broad SMARTS) is 2. The van der Waals surface area contributed by atoms with Gasteiger partial charge in [-0.2, -0.15) is 0 Å². The molecular formula is C25H33ClN2O7S. The minimum atomic E-state index is -1.27. The maximum Gasteiger partial charge on any atom is 0.350 e. The average molecular weight is 541 g/mol. The van der Waals surface area contributed by atoms with E-state index in [1.54, 1.807) is 17.8 Å². The molecule has 0 radical (unpaired) electrons. The minimum absolute atomic E-state index is 0.138. The zero-order chi connectivity index (χ0) is 25.7. The molecule has 1 fully saturated rings. The normalized spacial score (nSPS) is 24.9. The highest BCUT2D eigenvalue weighted by molar-refractivity contribution is 8.03. The molecule has 0 bridgehead atoms. The van der Waals surface area contributed by atoms with Gasteiger partial charge in [0.05, 0.1) is 11.6 Å². The molecular weight excluding hydrogens is 508 g/mol. The molecule has 0 amide bonds. The monoisotopic (exact) mass is 540 g/mol. The lowest BCUT2D eigenvalue weighted by atomic mass is 9.81. The fourth-order valence-corrected chi connectivity index (χ4v) is 6.64. The van der Waals surface area contributed by atoms with Gasteiger partial charge in [0.1, 0.15) is 6.61 Å². The van der Waals surface area contributed by atoms with Gasteiger partial charge in [0.15, 0.2) is 11.5 Å². The molecule has 0 aromatic heterocycles. The van der Waals surface area contributed by atoms with Crippen LogP contribution in [0.5, 0.6) is 11.5 Å². The first-order chi connectivity index (χ1) is 17.3. The number of nitrogens with zero attached hydrogens (tertiary/aromatic N) is 1. The fraction of sp³-hybridized carbons (Fsp3) is 0.600. The number of nitrogens with one attached hydrogen (secondary N) is 1. The number of hydrogen-bond acceptors (Lipinski definition) is 8. The molecule has 0 saturated heterocycles. The number of aliphatic carboxylic acids is 2. The number of ether oxygens (including phenoxy) is 3. The van der Waals surface area contributed by atoms with Crippen molar-refractivity contribution in [3.05, 3.63) is 33.9 Å². The summed E-state index contributed by atoms with van der Waals surface area (Å²) in [5.74, 6) is 0.776. The fourth-order valence-electron chi connectivity index (χ4n) is 5.15. The van der Waals surface area contributed by atoms with Gasteiger partial charge < -0.3 is 34.6 Å². The first-order valence-electron chi connectivity index (χ1n) is 12.3. The highest BCUT2D eigenvalue weighted by Gasteiger charge is 2.47.